The van der Waals surface area contributed by atoms with Crippen LogP contribution in [0, 0.1) is 12.3 Å². The first kappa shape index (κ1) is 16.6. The van der Waals surface area contributed by atoms with Crippen LogP contribution in [0.5, 0.6) is 0 Å². The Labute approximate surface area is 123 Å². The molecule has 0 bridgehead atoms. The van der Waals surface area contributed by atoms with Gasteiger partial charge in [-0.1, -0.05) is 13.8 Å². The molecule has 1 atom stereocenters. The molecule has 0 aromatic carbocycles. The smallest absolute Gasteiger partial charge is 0.310 e. The van der Waals surface area contributed by atoms with Crippen LogP contribution in [-0.4, -0.2) is 22.0 Å². The number of nitrogens with one attached hydrogen (secondary N) is 1. The number of amides is 1. The highest BCUT2D eigenvalue weighted by Crippen LogP contribution is 2.31. The van der Waals surface area contributed by atoms with E-state index in [1.165, 1.54) is 11.3 Å². The summed E-state index contributed by atoms with van der Waals surface area (Å²) in [6, 6.07) is -0.193. The van der Waals surface area contributed by atoms with Crippen molar-refractivity contribution in [2.45, 2.75) is 53.0 Å². The lowest BCUT2D eigenvalue weighted by Crippen LogP contribution is -2.37. The topological polar surface area (TPSA) is 79.3 Å². The van der Waals surface area contributed by atoms with Gasteiger partial charge in [-0.3, -0.25) is 9.59 Å². The van der Waals surface area contributed by atoms with E-state index in [1.54, 1.807) is 20.0 Å². The molecule has 0 saturated heterocycles. The monoisotopic (exact) mass is 298 g/mol. The van der Waals surface area contributed by atoms with Gasteiger partial charge in [0.15, 0.2) is 0 Å². The number of carbonyl (C=O) groups is 2. The van der Waals surface area contributed by atoms with Crippen LogP contribution >= 0.6 is 11.3 Å². The zero-order valence-corrected chi connectivity index (χ0v) is 13.2. The van der Waals surface area contributed by atoms with Crippen LogP contribution in [0.3, 0.4) is 0 Å². The summed E-state index contributed by atoms with van der Waals surface area (Å²) < 4.78 is 0. The van der Waals surface area contributed by atoms with E-state index in [-0.39, 0.29) is 18.4 Å². The van der Waals surface area contributed by atoms with Crippen LogP contribution in [0.25, 0.3) is 0 Å². The Morgan fingerprint density at radius 3 is 2.45 bits per heavy atom. The van der Waals surface area contributed by atoms with Crippen molar-refractivity contribution in [3.63, 3.8) is 0 Å². The number of rotatable bonds is 7. The van der Waals surface area contributed by atoms with Gasteiger partial charge in [-0.05, 0) is 26.7 Å². The maximum absolute atomic E-state index is 12.1. The van der Waals surface area contributed by atoms with Crippen molar-refractivity contribution >= 4 is 23.2 Å². The first-order valence-electron chi connectivity index (χ1n) is 6.79. The maximum atomic E-state index is 12.1. The molecule has 0 spiro atoms. The van der Waals surface area contributed by atoms with Gasteiger partial charge in [-0.15, -0.1) is 11.3 Å². The molecule has 1 unspecified atom stereocenters. The van der Waals surface area contributed by atoms with Gasteiger partial charge in [0, 0.05) is 17.5 Å². The molecule has 20 heavy (non-hydrogen) atoms. The molecule has 2 N–H and O–H groups in total. The van der Waals surface area contributed by atoms with Crippen molar-refractivity contribution in [3.05, 3.63) is 16.1 Å². The van der Waals surface area contributed by atoms with Gasteiger partial charge in [-0.25, -0.2) is 4.98 Å². The number of aliphatic carboxylic acids is 1. The Kier molecular flexibility index (Phi) is 5.68. The summed E-state index contributed by atoms with van der Waals surface area (Å²) in [4.78, 5) is 28.8. The fraction of sp³-hybridized carbons (Fsp3) is 0.643. The molecule has 1 aromatic rings. The lowest BCUT2D eigenvalue weighted by Gasteiger charge is -2.26. The number of carboxylic acid groups (broad SMARTS) is 1. The zero-order chi connectivity index (χ0) is 15.3. The van der Waals surface area contributed by atoms with E-state index in [9.17, 15) is 14.7 Å². The Bertz CT molecular complexity index is 481. The molecule has 0 saturated carbocycles. The largest absolute Gasteiger partial charge is 0.481 e. The average molecular weight is 298 g/mol. The van der Waals surface area contributed by atoms with Gasteiger partial charge in [0.2, 0.25) is 5.91 Å². The molecule has 0 aliphatic carbocycles. The molecule has 0 aliphatic heterocycles. The van der Waals surface area contributed by atoms with E-state index in [2.05, 4.69) is 10.3 Å². The molecule has 1 rings (SSSR count). The fourth-order valence-corrected chi connectivity index (χ4v) is 2.89. The first-order valence-corrected chi connectivity index (χ1v) is 7.61. The lowest BCUT2D eigenvalue weighted by molar-refractivity contribution is -0.152. The van der Waals surface area contributed by atoms with Crippen molar-refractivity contribution in [2.75, 3.05) is 0 Å². The van der Waals surface area contributed by atoms with Crippen LogP contribution in [0.15, 0.2) is 6.20 Å². The summed E-state index contributed by atoms with van der Waals surface area (Å²) in [5, 5.41) is 13.0. The molecular formula is C14H22N2O3S. The minimum Gasteiger partial charge on any atom is -0.481 e. The minimum atomic E-state index is -0.970. The molecule has 0 radical (unpaired) electrons. The van der Waals surface area contributed by atoms with Crippen molar-refractivity contribution in [1.82, 2.24) is 10.3 Å². The third kappa shape index (κ3) is 3.79. The molecule has 0 fully saturated rings. The van der Waals surface area contributed by atoms with Crippen LogP contribution in [0.2, 0.25) is 0 Å². The SMILES string of the molecule is CCC(CC)(CC(=O)NC(C)c1ncc(C)s1)C(=O)O. The number of carboxylic acids is 1. The van der Waals surface area contributed by atoms with E-state index < -0.39 is 11.4 Å². The average Bonchev–Trinajstić information content (AvgIpc) is 2.82. The fourth-order valence-electron chi connectivity index (χ4n) is 2.11. The molecular weight excluding hydrogens is 276 g/mol. The van der Waals surface area contributed by atoms with E-state index in [1.807, 2.05) is 13.8 Å². The van der Waals surface area contributed by atoms with Gasteiger partial charge in [0.05, 0.1) is 11.5 Å². The van der Waals surface area contributed by atoms with Gasteiger partial charge in [0.25, 0.3) is 0 Å². The Morgan fingerprint density at radius 1 is 1.45 bits per heavy atom. The second-order valence-corrected chi connectivity index (χ2v) is 6.33. The standard InChI is InChI=1S/C14H22N2O3S/c1-5-14(6-2,13(18)19)7-11(17)16-10(4)12-15-8-9(3)20-12/h8,10H,5-7H2,1-4H3,(H,16,17)(H,18,19). The predicted octanol–water partition coefficient (Wildman–Crippen LogP) is 2.91. The number of nitrogens with zero attached hydrogens (tertiary/aromatic N) is 1. The molecule has 6 heteroatoms. The normalized spacial score (nSPS) is 13.0. The highest BCUT2D eigenvalue weighted by Gasteiger charge is 2.37. The maximum Gasteiger partial charge on any atom is 0.310 e. The van der Waals surface area contributed by atoms with Crippen molar-refractivity contribution < 1.29 is 14.7 Å². The lowest BCUT2D eigenvalue weighted by atomic mass is 9.79. The number of carbonyl (C=O) groups excluding carboxylic acids is 1. The summed E-state index contributed by atoms with van der Waals surface area (Å²) >= 11 is 1.53. The quantitative estimate of drug-likeness (QED) is 0.811. The zero-order valence-electron chi connectivity index (χ0n) is 12.4. The second-order valence-electron chi connectivity index (χ2n) is 5.07. The van der Waals surface area contributed by atoms with Crippen LogP contribution in [0.4, 0.5) is 0 Å². The number of aryl methyl sites for hydroxylation is 1. The Hall–Kier alpha value is -1.43. The summed E-state index contributed by atoms with van der Waals surface area (Å²) in [5.41, 5.74) is -0.970. The van der Waals surface area contributed by atoms with E-state index >= 15 is 0 Å². The van der Waals surface area contributed by atoms with E-state index in [4.69, 9.17) is 0 Å². The number of hydrogen-bond acceptors (Lipinski definition) is 4. The predicted molar refractivity (Wildman–Crippen MR) is 78.7 cm³/mol. The molecule has 1 heterocycles. The molecule has 112 valence electrons. The van der Waals surface area contributed by atoms with Gasteiger partial charge in [-0.2, -0.15) is 0 Å². The van der Waals surface area contributed by atoms with E-state index in [0.717, 1.165) is 9.88 Å². The van der Waals surface area contributed by atoms with Gasteiger partial charge >= 0.3 is 5.97 Å². The summed E-state index contributed by atoms with van der Waals surface area (Å²) in [6.07, 6.45) is 2.65. The summed E-state index contributed by atoms with van der Waals surface area (Å²) in [7, 11) is 0. The summed E-state index contributed by atoms with van der Waals surface area (Å²) in [5.74, 6) is -1.15. The highest BCUT2D eigenvalue weighted by molar-refractivity contribution is 7.11. The first-order chi connectivity index (χ1) is 9.34. The van der Waals surface area contributed by atoms with E-state index in [0.29, 0.717) is 12.8 Å². The minimum absolute atomic E-state index is 0.00400. The van der Waals surface area contributed by atoms with Crippen molar-refractivity contribution in [2.24, 2.45) is 5.41 Å². The molecule has 1 aromatic heterocycles. The third-order valence-electron chi connectivity index (χ3n) is 3.69. The molecule has 0 aliphatic rings. The molecule has 1 amide bonds. The van der Waals surface area contributed by atoms with Crippen LogP contribution in [0.1, 0.15) is 56.0 Å². The van der Waals surface area contributed by atoms with Gasteiger partial charge < -0.3 is 10.4 Å². The van der Waals surface area contributed by atoms with Gasteiger partial charge in [0.1, 0.15) is 5.01 Å². The third-order valence-corrected chi connectivity index (χ3v) is 4.79. The van der Waals surface area contributed by atoms with Crippen molar-refractivity contribution in [3.8, 4) is 0 Å². The van der Waals surface area contributed by atoms with Crippen LogP contribution < -0.4 is 5.32 Å². The number of aromatic nitrogens is 1. The number of hydrogen-bond donors (Lipinski definition) is 2. The van der Waals surface area contributed by atoms with Crippen molar-refractivity contribution in [1.29, 1.82) is 0 Å². The Morgan fingerprint density at radius 2 is 2.05 bits per heavy atom. The highest BCUT2D eigenvalue weighted by atomic mass is 32.1. The summed E-state index contributed by atoms with van der Waals surface area (Å²) in [6.45, 7) is 7.42. The molecule has 5 nitrogen and oxygen atoms in total. The Balaban J connectivity index is 2.69. The number of thiazole rings is 1. The van der Waals surface area contributed by atoms with Crippen LogP contribution in [-0.2, 0) is 9.59 Å². The second kappa shape index (κ2) is 6.83.